The molecule has 4 rings (SSSR count). The molecule has 0 N–H and O–H groups in total. The van der Waals surface area contributed by atoms with Crippen LogP contribution in [0.4, 0.5) is 5.69 Å². The average Bonchev–Trinajstić information content (AvgIpc) is 2.90. The molecular weight excluding hydrogens is 294 g/mol. The minimum atomic E-state index is -0.395. The molecule has 2 aromatic carbocycles. The highest BCUT2D eigenvalue weighted by Gasteiger charge is 2.32. The van der Waals surface area contributed by atoms with E-state index in [1.165, 1.54) is 24.3 Å². The molecule has 0 spiro atoms. The summed E-state index contributed by atoms with van der Waals surface area (Å²) in [4.78, 5) is 34.6. The Labute approximate surface area is 131 Å². The van der Waals surface area contributed by atoms with Crippen molar-refractivity contribution in [3.63, 3.8) is 0 Å². The number of ketones is 2. The molecule has 0 saturated heterocycles. The molecule has 112 valence electrons. The number of non-ortho nitro benzene ring substituents is 1. The smallest absolute Gasteiger partial charge is 0.277 e. The van der Waals surface area contributed by atoms with Crippen LogP contribution in [0.25, 0.3) is 10.8 Å². The lowest BCUT2D eigenvalue weighted by atomic mass is 9.86. The van der Waals surface area contributed by atoms with Gasteiger partial charge in [-0.1, -0.05) is 18.2 Å². The maximum atomic E-state index is 12.2. The van der Waals surface area contributed by atoms with Gasteiger partial charge in [0, 0.05) is 17.6 Å². The number of nitro benzene ring substituents is 1. The van der Waals surface area contributed by atoms with Crippen LogP contribution < -0.4 is 0 Å². The molecule has 2 aromatic rings. The first-order valence-corrected chi connectivity index (χ1v) is 7.23. The van der Waals surface area contributed by atoms with Crippen molar-refractivity contribution < 1.29 is 14.5 Å². The molecule has 0 aliphatic heterocycles. The molecule has 0 heterocycles. The molecule has 0 saturated carbocycles. The Kier molecular flexibility index (Phi) is 2.78. The van der Waals surface area contributed by atoms with Gasteiger partial charge in [-0.15, -0.1) is 0 Å². The van der Waals surface area contributed by atoms with Gasteiger partial charge in [0.25, 0.3) is 5.69 Å². The van der Waals surface area contributed by atoms with Gasteiger partial charge in [-0.25, -0.2) is 0 Å². The van der Waals surface area contributed by atoms with E-state index in [2.05, 4.69) is 0 Å². The van der Waals surface area contributed by atoms with Crippen molar-refractivity contribution in [3.05, 3.63) is 75.4 Å². The highest BCUT2D eigenvalue weighted by Crippen LogP contribution is 2.44. The molecule has 2 aliphatic rings. The van der Waals surface area contributed by atoms with Crippen LogP contribution in [0.15, 0.2) is 54.1 Å². The Morgan fingerprint density at radius 1 is 1.09 bits per heavy atom. The predicted molar refractivity (Wildman–Crippen MR) is 84.3 cm³/mol. The fourth-order valence-corrected chi connectivity index (χ4v) is 3.52. The van der Waals surface area contributed by atoms with Gasteiger partial charge in [0.1, 0.15) is 0 Å². The van der Waals surface area contributed by atoms with Gasteiger partial charge in [0.2, 0.25) is 0 Å². The fourth-order valence-electron chi connectivity index (χ4n) is 3.52. The number of carbonyl (C=O) groups is 2. The zero-order valence-electron chi connectivity index (χ0n) is 12.0. The van der Waals surface area contributed by atoms with Crippen molar-refractivity contribution >= 4 is 28.0 Å². The third kappa shape index (κ3) is 1.93. The molecule has 1 unspecified atom stereocenters. The second-order valence-corrected chi connectivity index (χ2v) is 5.73. The van der Waals surface area contributed by atoms with Crippen molar-refractivity contribution in [3.8, 4) is 0 Å². The van der Waals surface area contributed by atoms with Crippen molar-refractivity contribution in [2.24, 2.45) is 0 Å². The van der Waals surface area contributed by atoms with Crippen molar-refractivity contribution in [1.82, 2.24) is 0 Å². The molecular formula is C18H11NO4. The van der Waals surface area contributed by atoms with Gasteiger partial charge in [-0.05, 0) is 47.2 Å². The standard InChI is InChI=1S/C18H11NO4/c20-11-5-7-17(21)15(9-11)14-8-10-4-6-16(19(22)23)13-3-1-2-12(14)18(10)13/h1-7,9,14H,8H2. The summed E-state index contributed by atoms with van der Waals surface area (Å²) >= 11 is 0. The average molecular weight is 305 g/mol. The van der Waals surface area contributed by atoms with Gasteiger partial charge >= 0.3 is 0 Å². The van der Waals surface area contributed by atoms with E-state index in [0.29, 0.717) is 17.4 Å². The van der Waals surface area contributed by atoms with Gasteiger partial charge < -0.3 is 0 Å². The first kappa shape index (κ1) is 13.6. The number of nitro groups is 1. The summed E-state index contributed by atoms with van der Waals surface area (Å²) in [5, 5.41) is 12.6. The quantitative estimate of drug-likeness (QED) is 0.485. The number of nitrogens with zero attached hydrogens (tertiary/aromatic N) is 1. The van der Waals surface area contributed by atoms with Crippen LogP contribution in [0, 0.1) is 10.1 Å². The SMILES string of the molecule is O=C1C=CC(=O)C(C2Cc3ccc([N+](=O)[O-])c4cccc2c34)=C1. The lowest BCUT2D eigenvalue weighted by Crippen LogP contribution is -2.14. The first-order chi connectivity index (χ1) is 11.1. The second kappa shape index (κ2) is 4.71. The van der Waals surface area contributed by atoms with Crippen LogP contribution in [-0.4, -0.2) is 16.5 Å². The Balaban J connectivity index is 1.93. The Morgan fingerprint density at radius 2 is 1.91 bits per heavy atom. The number of allylic oxidation sites excluding steroid dienone is 4. The van der Waals surface area contributed by atoms with Crippen LogP contribution >= 0.6 is 0 Å². The molecule has 5 nitrogen and oxygen atoms in total. The van der Waals surface area contributed by atoms with Gasteiger partial charge in [0.05, 0.1) is 10.3 Å². The Hall–Kier alpha value is -3.08. The molecule has 0 amide bonds. The largest absolute Gasteiger partial charge is 0.290 e. The van der Waals surface area contributed by atoms with E-state index in [1.54, 1.807) is 18.2 Å². The summed E-state index contributed by atoms with van der Waals surface area (Å²) in [5.41, 5.74) is 2.38. The minimum absolute atomic E-state index is 0.0613. The van der Waals surface area contributed by atoms with Crippen molar-refractivity contribution in [2.75, 3.05) is 0 Å². The van der Waals surface area contributed by atoms with Crippen molar-refractivity contribution in [2.45, 2.75) is 12.3 Å². The zero-order valence-corrected chi connectivity index (χ0v) is 12.0. The summed E-state index contributed by atoms with van der Waals surface area (Å²) in [7, 11) is 0. The number of hydrogen-bond donors (Lipinski definition) is 0. The Bertz CT molecular complexity index is 968. The molecule has 5 heteroatoms. The van der Waals surface area contributed by atoms with Gasteiger partial charge in [0.15, 0.2) is 11.6 Å². The van der Waals surface area contributed by atoms with Crippen molar-refractivity contribution in [1.29, 1.82) is 0 Å². The number of hydrogen-bond acceptors (Lipinski definition) is 4. The van der Waals surface area contributed by atoms with Gasteiger partial charge in [-0.3, -0.25) is 19.7 Å². The van der Waals surface area contributed by atoms with E-state index in [1.807, 2.05) is 6.07 Å². The lowest BCUT2D eigenvalue weighted by Gasteiger charge is -2.15. The molecule has 0 bridgehead atoms. The maximum absolute atomic E-state index is 12.2. The summed E-state index contributed by atoms with van der Waals surface area (Å²) in [6.07, 6.45) is 4.52. The minimum Gasteiger partial charge on any atom is -0.290 e. The van der Waals surface area contributed by atoms with Crippen LogP contribution in [-0.2, 0) is 16.0 Å². The van der Waals surface area contributed by atoms with Crippen LogP contribution in [0.1, 0.15) is 17.0 Å². The predicted octanol–water partition coefficient (Wildman–Crippen LogP) is 3.02. The van der Waals surface area contributed by atoms with E-state index in [-0.39, 0.29) is 23.2 Å². The van der Waals surface area contributed by atoms with Crippen LogP contribution in [0.5, 0.6) is 0 Å². The topological polar surface area (TPSA) is 77.3 Å². The molecule has 23 heavy (non-hydrogen) atoms. The monoisotopic (exact) mass is 305 g/mol. The summed E-state index contributed by atoms with van der Waals surface area (Å²) in [6, 6.07) is 8.62. The molecule has 0 radical (unpaired) electrons. The highest BCUT2D eigenvalue weighted by atomic mass is 16.6. The van der Waals surface area contributed by atoms with E-state index in [4.69, 9.17) is 0 Å². The van der Waals surface area contributed by atoms with E-state index >= 15 is 0 Å². The number of benzene rings is 2. The van der Waals surface area contributed by atoms with E-state index in [0.717, 1.165) is 16.5 Å². The summed E-state index contributed by atoms with van der Waals surface area (Å²) in [6.45, 7) is 0. The summed E-state index contributed by atoms with van der Waals surface area (Å²) < 4.78 is 0. The normalized spacial score (nSPS) is 19.3. The maximum Gasteiger partial charge on any atom is 0.277 e. The molecule has 2 aliphatic carbocycles. The van der Waals surface area contributed by atoms with Crippen LogP contribution in [0.2, 0.25) is 0 Å². The summed E-state index contributed by atoms with van der Waals surface area (Å²) in [5.74, 6) is -0.597. The third-order valence-corrected chi connectivity index (χ3v) is 4.49. The molecule has 1 atom stereocenters. The van der Waals surface area contributed by atoms with E-state index < -0.39 is 4.92 Å². The highest BCUT2D eigenvalue weighted by molar-refractivity contribution is 6.18. The number of carbonyl (C=O) groups excluding carboxylic acids is 2. The van der Waals surface area contributed by atoms with Gasteiger partial charge in [-0.2, -0.15) is 0 Å². The lowest BCUT2D eigenvalue weighted by molar-refractivity contribution is -0.383. The Morgan fingerprint density at radius 3 is 2.70 bits per heavy atom. The fraction of sp³-hybridized carbons (Fsp3) is 0.111. The van der Waals surface area contributed by atoms with E-state index in [9.17, 15) is 19.7 Å². The molecule has 0 fully saturated rings. The zero-order chi connectivity index (χ0) is 16.1. The number of rotatable bonds is 2. The second-order valence-electron chi connectivity index (χ2n) is 5.73. The first-order valence-electron chi connectivity index (χ1n) is 7.23. The van der Waals surface area contributed by atoms with Crippen LogP contribution in [0.3, 0.4) is 0 Å². The molecule has 0 aromatic heterocycles. The third-order valence-electron chi connectivity index (χ3n) is 4.49.